The van der Waals surface area contributed by atoms with Crippen molar-refractivity contribution in [2.24, 2.45) is 5.14 Å². The van der Waals surface area contributed by atoms with Crippen LogP contribution in [0.4, 0.5) is 5.69 Å². The third kappa shape index (κ3) is 3.99. The van der Waals surface area contributed by atoms with Crippen molar-refractivity contribution in [3.05, 3.63) is 59.2 Å². The lowest BCUT2D eigenvalue weighted by Gasteiger charge is -2.55. The highest BCUT2D eigenvalue weighted by molar-refractivity contribution is 7.89. The minimum Gasteiger partial charge on any atom is -0.508 e. The van der Waals surface area contributed by atoms with Crippen molar-refractivity contribution in [1.29, 1.82) is 0 Å². The first kappa shape index (κ1) is 20.2. The quantitative estimate of drug-likeness (QED) is 0.696. The molecule has 2 aromatic rings. The molecule has 0 spiro atoms. The fourth-order valence-electron chi connectivity index (χ4n) is 4.95. The maximum atomic E-state index is 11.2. The first-order chi connectivity index (χ1) is 13.7. The minimum absolute atomic E-state index is 0.0480. The van der Waals surface area contributed by atoms with Gasteiger partial charge >= 0.3 is 0 Å². The van der Waals surface area contributed by atoms with Gasteiger partial charge in [0.1, 0.15) is 5.75 Å². The number of sulfonamides is 1. The summed E-state index contributed by atoms with van der Waals surface area (Å²) in [4.78, 5) is 2.43. The molecule has 2 aromatic carbocycles. The Balaban J connectivity index is 1.59. The summed E-state index contributed by atoms with van der Waals surface area (Å²) in [5.41, 5.74) is 4.45. The number of anilines is 1. The van der Waals surface area contributed by atoms with Crippen molar-refractivity contribution in [3.8, 4) is 5.75 Å². The van der Waals surface area contributed by atoms with E-state index in [1.807, 2.05) is 30.3 Å². The molecule has 3 atom stereocenters. The van der Waals surface area contributed by atoms with E-state index < -0.39 is 10.0 Å². The number of piperidine rings is 1. The van der Waals surface area contributed by atoms with Gasteiger partial charge in [0.25, 0.3) is 0 Å². The number of hydrogen-bond acceptors (Lipinski definition) is 5. The van der Waals surface area contributed by atoms with E-state index in [1.165, 1.54) is 11.1 Å². The lowest BCUT2D eigenvalue weighted by atomic mass is 9.61. The molecule has 4 rings (SSSR count). The van der Waals surface area contributed by atoms with E-state index in [1.54, 1.807) is 6.07 Å². The van der Waals surface area contributed by atoms with E-state index in [4.69, 9.17) is 5.14 Å². The number of phenolic OH excluding ortho intramolecular Hbond substituents is 1. The molecule has 0 saturated carbocycles. The lowest BCUT2D eigenvalue weighted by molar-refractivity contribution is 0.0958. The second-order valence-electron chi connectivity index (χ2n) is 8.70. The van der Waals surface area contributed by atoms with E-state index in [0.29, 0.717) is 18.2 Å². The van der Waals surface area contributed by atoms with Crippen LogP contribution in [0.25, 0.3) is 0 Å². The highest BCUT2D eigenvalue weighted by atomic mass is 32.2. The van der Waals surface area contributed by atoms with Gasteiger partial charge in [0.15, 0.2) is 0 Å². The summed E-state index contributed by atoms with van der Waals surface area (Å²) in [6, 6.07) is 14.3. The van der Waals surface area contributed by atoms with Crippen LogP contribution < -0.4 is 10.5 Å². The average molecular weight is 416 g/mol. The molecule has 156 valence electrons. The van der Waals surface area contributed by atoms with Crippen LogP contribution in [0, 0.1) is 0 Å². The Kier molecular flexibility index (Phi) is 5.09. The molecule has 4 N–H and O–H groups in total. The second kappa shape index (κ2) is 7.31. The molecule has 1 aliphatic heterocycles. The molecule has 2 aliphatic rings. The van der Waals surface area contributed by atoms with Crippen molar-refractivity contribution >= 4 is 15.7 Å². The molecule has 1 fully saturated rings. The number of nitrogens with two attached hydrogens (primary N) is 1. The van der Waals surface area contributed by atoms with Crippen molar-refractivity contribution < 1.29 is 13.5 Å². The van der Waals surface area contributed by atoms with Crippen molar-refractivity contribution in [1.82, 2.24) is 4.90 Å². The van der Waals surface area contributed by atoms with Gasteiger partial charge in [0.05, 0.1) is 11.8 Å². The topological polar surface area (TPSA) is 95.7 Å². The average Bonchev–Trinajstić information content (AvgIpc) is 2.66. The summed E-state index contributed by atoms with van der Waals surface area (Å²) < 4.78 is 22.4. The molecule has 29 heavy (non-hydrogen) atoms. The van der Waals surface area contributed by atoms with Gasteiger partial charge in [-0.25, -0.2) is 13.6 Å². The number of likely N-dealkylation sites (N-methyl/N-ethyl adjacent to an activating group) is 1. The Morgan fingerprint density at radius 3 is 2.66 bits per heavy atom. The van der Waals surface area contributed by atoms with Crippen LogP contribution in [0.3, 0.4) is 0 Å². The number of aryl methyl sites for hydroxylation is 1. The summed E-state index contributed by atoms with van der Waals surface area (Å²) in [6.45, 7) is 3.32. The van der Waals surface area contributed by atoms with E-state index in [0.717, 1.165) is 30.6 Å². The largest absolute Gasteiger partial charge is 0.508 e. The highest BCUT2D eigenvalue weighted by Gasteiger charge is 2.50. The fourth-order valence-corrected chi connectivity index (χ4v) is 5.47. The number of aromatic hydroxyl groups is 1. The van der Waals surface area contributed by atoms with Crippen molar-refractivity contribution in [2.75, 3.05) is 24.7 Å². The van der Waals surface area contributed by atoms with Gasteiger partial charge in [-0.1, -0.05) is 25.1 Å². The van der Waals surface area contributed by atoms with Crippen LogP contribution in [0.5, 0.6) is 5.75 Å². The summed E-state index contributed by atoms with van der Waals surface area (Å²) in [6.07, 6.45) is 2.38. The highest BCUT2D eigenvalue weighted by Crippen LogP contribution is 2.46. The van der Waals surface area contributed by atoms with Gasteiger partial charge < -0.3 is 15.3 Å². The van der Waals surface area contributed by atoms with Gasteiger partial charge in [-0.2, -0.15) is 0 Å². The molecule has 0 radical (unpaired) electrons. The van der Waals surface area contributed by atoms with E-state index in [9.17, 15) is 13.5 Å². The zero-order chi connectivity index (χ0) is 20.8. The van der Waals surface area contributed by atoms with Gasteiger partial charge in [0, 0.05) is 17.1 Å². The number of benzene rings is 2. The molecular weight excluding hydrogens is 386 g/mol. The van der Waals surface area contributed by atoms with Crippen LogP contribution in [-0.4, -0.2) is 49.9 Å². The van der Waals surface area contributed by atoms with Gasteiger partial charge in [-0.3, -0.25) is 0 Å². The zero-order valence-corrected chi connectivity index (χ0v) is 17.7. The van der Waals surface area contributed by atoms with E-state index >= 15 is 0 Å². The van der Waals surface area contributed by atoms with Crippen molar-refractivity contribution in [2.45, 2.75) is 43.7 Å². The van der Waals surface area contributed by atoms with Gasteiger partial charge in [-0.15, -0.1) is 0 Å². The number of likely N-dealkylation sites (tertiary alicyclic amines) is 1. The van der Waals surface area contributed by atoms with Gasteiger partial charge in [0.2, 0.25) is 10.0 Å². The fraction of sp³-hybridized carbons (Fsp3) is 0.455. The number of phenols is 1. The summed E-state index contributed by atoms with van der Waals surface area (Å²) in [7, 11) is -1.27. The molecular formula is C22H29N3O3S. The molecule has 0 amide bonds. The SMILES string of the molecule is CN1CC[C@]2(C)c3cc(O)ccc3CC1[C@@H]2Nc1ccc(CCS(N)(=O)=O)cc1. The number of fused-ring (bicyclic) bond motifs is 4. The minimum atomic E-state index is -3.45. The summed E-state index contributed by atoms with van der Waals surface area (Å²) in [5, 5.41) is 18.9. The molecule has 1 heterocycles. The summed E-state index contributed by atoms with van der Waals surface area (Å²) in [5.74, 6) is 0.272. The number of nitrogens with zero attached hydrogens (tertiary/aromatic N) is 1. The van der Waals surface area contributed by atoms with Crippen LogP contribution in [-0.2, 0) is 28.3 Å². The predicted molar refractivity (Wildman–Crippen MR) is 116 cm³/mol. The number of nitrogens with one attached hydrogen (secondary N) is 1. The number of primary sulfonamides is 1. The Morgan fingerprint density at radius 2 is 1.97 bits per heavy atom. The molecule has 2 bridgehead atoms. The van der Waals surface area contributed by atoms with E-state index in [-0.39, 0.29) is 17.2 Å². The molecule has 1 aliphatic carbocycles. The first-order valence-corrected chi connectivity index (χ1v) is 11.8. The molecule has 7 heteroatoms. The van der Waals surface area contributed by atoms with Crippen molar-refractivity contribution in [3.63, 3.8) is 0 Å². The number of hydrogen-bond donors (Lipinski definition) is 3. The standard InChI is InChI=1S/C22H29N3O3S/c1-22-10-11-25(2)20(13-16-5-8-18(26)14-19(16)22)21(22)24-17-6-3-15(4-7-17)9-12-29(23,27)28/h3-8,14,20-21,24,26H,9-13H2,1-2H3,(H2,23,27,28)/t20?,21-,22+/m0/s1. The van der Waals surface area contributed by atoms with Crippen LogP contribution >= 0.6 is 0 Å². The van der Waals surface area contributed by atoms with Crippen LogP contribution in [0.1, 0.15) is 30.0 Å². The second-order valence-corrected chi connectivity index (χ2v) is 10.4. The monoisotopic (exact) mass is 415 g/mol. The molecule has 0 aromatic heterocycles. The normalized spacial score (nSPS) is 26.7. The summed E-state index contributed by atoms with van der Waals surface area (Å²) >= 11 is 0. The third-order valence-corrected chi connectivity index (χ3v) is 7.48. The Bertz CT molecular complexity index is 1010. The Hall–Kier alpha value is -2.09. The smallest absolute Gasteiger partial charge is 0.209 e. The lowest BCUT2D eigenvalue weighted by Crippen LogP contribution is -2.63. The third-order valence-electron chi connectivity index (χ3n) is 6.71. The Morgan fingerprint density at radius 1 is 1.24 bits per heavy atom. The molecule has 1 saturated heterocycles. The Labute approximate surface area is 172 Å². The molecule has 6 nitrogen and oxygen atoms in total. The maximum Gasteiger partial charge on any atom is 0.209 e. The van der Waals surface area contributed by atoms with Crippen LogP contribution in [0.2, 0.25) is 0 Å². The van der Waals surface area contributed by atoms with Crippen LogP contribution in [0.15, 0.2) is 42.5 Å². The predicted octanol–water partition coefficient (Wildman–Crippen LogP) is 2.22. The molecule has 1 unspecified atom stereocenters. The van der Waals surface area contributed by atoms with Gasteiger partial charge in [-0.05, 0) is 73.8 Å². The first-order valence-electron chi connectivity index (χ1n) is 10.0. The van der Waals surface area contributed by atoms with E-state index in [2.05, 4.69) is 30.3 Å². The maximum absolute atomic E-state index is 11.2. The number of rotatable bonds is 5. The zero-order valence-electron chi connectivity index (χ0n) is 16.9.